The Balaban J connectivity index is 1.29. The summed E-state index contributed by atoms with van der Waals surface area (Å²) in [5, 5.41) is 5.85. The fraction of sp³-hybridized carbons (Fsp3) is 0.333. The molecule has 0 atom stereocenters. The van der Waals surface area contributed by atoms with Crippen LogP contribution in [0.4, 0.5) is 11.4 Å². The summed E-state index contributed by atoms with van der Waals surface area (Å²) in [6, 6.07) is 11.5. The van der Waals surface area contributed by atoms with Crippen molar-refractivity contribution < 1.29 is 19.2 Å². The lowest BCUT2D eigenvalue weighted by molar-refractivity contribution is -0.124. The number of hydrogen-bond acceptors (Lipinski definition) is 8. The number of hydrogen-bond donors (Lipinski definition) is 2. The Kier molecular flexibility index (Phi) is 10.6. The van der Waals surface area contributed by atoms with E-state index < -0.39 is 0 Å². The van der Waals surface area contributed by atoms with Gasteiger partial charge in [0, 0.05) is 37.3 Å². The maximum atomic E-state index is 13.2. The first-order chi connectivity index (χ1) is 20.0. The molecule has 2 fully saturated rings. The van der Waals surface area contributed by atoms with Gasteiger partial charge in [0.1, 0.15) is 8.64 Å². The van der Waals surface area contributed by atoms with Crippen molar-refractivity contribution in [3.63, 3.8) is 0 Å². The molecule has 0 aromatic heterocycles. The maximum absolute atomic E-state index is 13.2. The van der Waals surface area contributed by atoms with Gasteiger partial charge in [0.05, 0.1) is 9.81 Å². The molecule has 2 aliphatic rings. The monoisotopic (exact) mass is 640 g/mol. The van der Waals surface area contributed by atoms with Gasteiger partial charge in [-0.15, -0.1) is 0 Å². The van der Waals surface area contributed by atoms with Crippen LogP contribution in [0.5, 0.6) is 0 Å². The van der Waals surface area contributed by atoms with E-state index in [0.29, 0.717) is 21.5 Å². The van der Waals surface area contributed by atoms with Gasteiger partial charge in [-0.1, -0.05) is 72.2 Å². The van der Waals surface area contributed by atoms with Crippen molar-refractivity contribution in [3.05, 3.63) is 68.5 Å². The second kappa shape index (κ2) is 13.9. The number of carbonyl (C=O) groups is 4. The zero-order valence-corrected chi connectivity index (χ0v) is 27.1. The molecule has 12 heteroatoms. The van der Waals surface area contributed by atoms with E-state index in [0.717, 1.165) is 57.2 Å². The Morgan fingerprint density at radius 1 is 0.690 bits per heavy atom. The highest BCUT2D eigenvalue weighted by Crippen LogP contribution is 2.42. The minimum Gasteiger partial charge on any atom is -0.326 e. The third-order valence-corrected chi connectivity index (χ3v) is 10.3. The Morgan fingerprint density at radius 2 is 1.07 bits per heavy atom. The summed E-state index contributed by atoms with van der Waals surface area (Å²) in [7, 11) is 0. The molecule has 2 aromatic rings. The van der Waals surface area contributed by atoms with Gasteiger partial charge in [-0.05, 0) is 74.9 Å². The number of benzene rings is 2. The highest BCUT2D eigenvalue weighted by molar-refractivity contribution is 8.29. The number of nitrogens with zero attached hydrogens (tertiary/aromatic N) is 2. The van der Waals surface area contributed by atoms with Crippen LogP contribution < -0.4 is 10.6 Å². The number of thioether (sulfide) groups is 2. The van der Waals surface area contributed by atoms with Crippen molar-refractivity contribution in [2.24, 2.45) is 0 Å². The summed E-state index contributed by atoms with van der Waals surface area (Å²) in [5.41, 5.74) is 5.76. The van der Waals surface area contributed by atoms with Crippen LogP contribution in [0.2, 0.25) is 0 Å². The van der Waals surface area contributed by atoms with E-state index in [1.54, 1.807) is 0 Å². The molecule has 2 N–H and O–H groups in total. The number of anilines is 2. The molecule has 0 spiro atoms. The average molecular weight is 641 g/mol. The van der Waals surface area contributed by atoms with Crippen LogP contribution in [0, 0.1) is 27.7 Å². The molecule has 2 aromatic carbocycles. The van der Waals surface area contributed by atoms with Gasteiger partial charge in [-0.25, -0.2) is 0 Å². The molecule has 42 heavy (non-hydrogen) atoms. The molecule has 8 nitrogen and oxygen atoms in total. The molecule has 220 valence electrons. The van der Waals surface area contributed by atoms with E-state index in [1.807, 2.05) is 64.1 Å². The minimum atomic E-state index is -0.353. The lowest BCUT2D eigenvalue weighted by atomic mass is 10.1. The van der Waals surface area contributed by atoms with E-state index in [1.165, 1.54) is 9.80 Å². The third kappa shape index (κ3) is 7.28. The SMILES string of the molecule is Cc1cccc(NC(=O)CCCN2C(=O)C(=C3SC(=S)N(CCCC(=O)Nc4cccc(C)c4C)C3=O)SC2=S)c1C. The molecule has 0 unspecified atom stereocenters. The predicted molar refractivity (Wildman–Crippen MR) is 178 cm³/mol. The van der Waals surface area contributed by atoms with Crippen LogP contribution in [-0.4, -0.2) is 55.2 Å². The largest absolute Gasteiger partial charge is 0.326 e. The number of thiocarbonyl (C=S) groups is 2. The predicted octanol–water partition coefficient (Wildman–Crippen LogP) is 5.99. The van der Waals surface area contributed by atoms with Crippen molar-refractivity contribution in [1.82, 2.24) is 9.80 Å². The first-order valence-corrected chi connectivity index (χ1v) is 16.0. The van der Waals surface area contributed by atoms with Crippen molar-refractivity contribution in [2.75, 3.05) is 23.7 Å². The van der Waals surface area contributed by atoms with Gasteiger partial charge in [0.15, 0.2) is 0 Å². The van der Waals surface area contributed by atoms with Gasteiger partial charge in [0.25, 0.3) is 11.8 Å². The molecule has 4 amide bonds. The molecule has 0 radical (unpaired) electrons. The van der Waals surface area contributed by atoms with Crippen molar-refractivity contribution in [3.8, 4) is 0 Å². The number of aryl methyl sites for hydroxylation is 2. The lowest BCUT2D eigenvalue weighted by Gasteiger charge is -2.15. The second-order valence-electron chi connectivity index (χ2n) is 10.1. The first-order valence-electron chi connectivity index (χ1n) is 13.5. The Labute approximate surface area is 265 Å². The van der Waals surface area contributed by atoms with Gasteiger partial charge in [-0.2, -0.15) is 0 Å². The first kappa shape index (κ1) is 31.9. The standard InChI is InChI=1S/C30H32N4O4S4/c1-17-9-5-11-21(19(17)3)31-23(35)13-7-15-33-27(37)25(41-29(33)39)26-28(38)34(30(40)42-26)16-8-14-24(36)32-22-12-6-10-18(2)20(22)4/h5-6,9-12H,7-8,13-16H2,1-4H3,(H,31,35)(H,32,36). The Bertz CT molecular complexity index is 1410. The number of amides is 4. The minimum absolute atomic E-state index is 0.141. The molecule has 4 rings (SSSR count). The van der Waals surface area contributed by atoms with Gasteiger partial charge in [0.2, 0.25) is 11.8 Å². The second-order valence-corrected chi connectivity index (χ2v) is 13.4. The van der Waals surface area contributed by atoms with Gasteiger partial charge < -0.3 is 10.6 Å². The summed E-state index contributed by atoms with van der Waals surface area (Å²) in [5.74, 6) is -0.989. The van der Waals surface area contributed by atoms with Crippen LogP contribution in [0.15, 0.2) is 46.2 Å². The van der Waals surface area contributed by atoms with Crippen molar-refractivity contribution in [2.45, 2.75) is 53.4 Å². The van der Waals surface area contributed by atoms with E-state index in [9.17, 15) is 19.2 Å². The maximum Gasteiger partial charge on any atom is 0.267 e. The number of rotatable bonds is 10. The van der Waals surface area contributed by atoms with Crippen LogP contribution >= 0.6 is 48.0 Å². The summed E-state index contributed by atoms with van der Waals surface area (Å²) >= 11 is 13.0. The molecule has 0 bridgehead atoms. The molecular formula is C30H32N4O4S4. The molecule has 2 saturated heterocycles. The quantitative estimate of drug-likeness (QED) is 0.242. The van der Waals surface area contributed by atoms with E-state index in [2.05, 4.69) is 10.6 Å². The van der Waals surface area contributed by atoms with Crippen molar-refractivity contribution >= 4 is 91.6 Å². The van der Waals surface area contributed by atoms with Crippen LogP contribution in [0.3, 0.4) is 0 Å². The molecule has 0 saturated carbocycles. The topological polar surface area (TPSA) is 98.8 Å². The third-order valence-electron chi connectivity index (χ3n) is 7.23. The highest BCUT2D eigenvalue weighted by Gasteiger charge is 2.41. The van der Waals surface area contributed by atoms with E-state index >= 15 is 0 Å². The zero-order chi connectivity index (χ0) is 30.6. The Hall–Kier alpha value is -3.06. The fourth-order valence-electron chi connectivity index (χ4n) is 4.45. The van der Waals surface area contributed by atoms with Gasteiger partial charge in [-0.3, -0.25) is 29.0 Å². The molecule has 2 aliphatic heterocycles. The van der Waals surface area contributed by atoms with E-state index in [-0.39, 0.29) is 59.4 Å². The molecule has 0 aliphatic carbocycles. The highest BCUT2D eigenvalue weighted by atomic mass is 32.2. The number of nitrogens with one attached hydrogen (secondary N) is 2. The number of carbonyl (C=O) groups excluding carboxylic acids is 4. The summed E-state index contributed by atoms with van der Waals surface area (Å²) in [6.45, 7) is 8.42. The average Bonchev–Trinajstić information content (AvgIpc) is 3.38. The normalized spacial score (nSPS) is 17.0. The summed E-state index contributed by atoms with van der Waals surface area (Å²) < 4.78 is 0.691. The van der Waals surface area contributed by atoms with Crippen LogP contribution in [0.1, 0.15) is 47.9 Å². The lowest BCUT2D eigenvalue weighted by Crippen LogP contribution is -2.31. The summed E-state index contributed by atoms with van der Waals surface area (Å²) in [4.78, 5) is 54.8. The molecule has 2 heterocycles. The van der Waals surface area contributed by atoms with Gasteiger partial charge >= 0.3 is 0 Å². The van der Waals surface area contributed by atoms with Crippen molar-refractivity contribution in [1.29, 1.82) is 0 Å². The smallest absolute Gasteiger partial charge is 0.267 e. The zero-order valence-electron chi connectivity index (χ0n) is 23.9. The molecular weight excluding hydrogens is 609 g/mol. The van der Waals surface area contributed by atoms with Crippen LogP contribution in [-0.2, 0) is 19.2 Å². The Morgan fingerprint density at radius 3 is 1.45 bits per heavy atom. The van der Waals surface area contributed by atoms with Crippen LogP contribution in [0.25, 0.3) is 0 Å². The fourth-order valence-corrected chi connectivity index (χ4v) is 7.22. The summed E-state index contributed by atoms with van der Waals surface area (Å²) in [6.07, 6.45) is 1.28. The van der Waals surface area contributed by atoms with E-state index in [4.69, 9.17) is 24.4 Å².